The summed E-state index contributed by atoms with van der Waals surface area (Å²) < 4.78 is 3.80. The highest BCUT2D eigenvalue weighted by atomic mass is 127. The zero-order valence-electron chi connectivity index (χ0n) is 12.5. The number of benzene rings is 1. The van der Waals surface area contributed by atoms with E-state index in [0.717, 1.165) is 36.6 Å². The van der Waals surface area contributed by atoms with Crippen molar-refractivity contribution in [1.29, 1.82) is 5.26 Å². The van der Waals surface area contributed by atoms with Crippen LogP contribution >= 0.6 is 46.3 Å². The van der Waals surface area contributed by atoms with Crippen LogP contribution in [0.2, 0.25) is 0 Å². The molecule has 8 heteroatoms. The molecule has 122 valence electrons. The standard InChI is InChI=1S/C17H8BrIN4OS/c18-11-2-4-14-10(7-11)1-3-15(21-14)13-8-22(9-20)17(24)16-12(13)5-6-23(16)25-19/h1-8H. The number of rotatable bonds is 2. The lowest BCUT2D eigenvalue weighted by molar-refractivity contribution is 1.02. The average molecular weight is 523 g/mol. The van der Waals surface area contributed by atoms with E-state index in [1.54, 1.807) is 10.2 Å². The van der Waals surface area contributed by atoms with Gasteiger partial charge in [-0.25, -0.2) is 9.55 Å². The lowest BCUT2D eigenvalue weighted by Crippen LogP contribution is -2.18. The predicted octanol–water partition coefficient (Wildman–Crippen LogP) is 4.96. The van der Waals surface area contributed by atoms with Crippen molar-refractivity contribution in [2.24, 2.45) is 0 Å². The normalized spacial score (nSPS) is 11.1. The Morgan fingerprint density at radius 3 is 2.84 bits per heavy atom. The first-order valence-electron chi connectivity index (χ1n) is 7.15. The molecule has 0 N–H and O–H groups in total. The van der Waals surface area contributed by atoms with Crippen molar-refractivity contribution < 1.29 is 0 Å². The fourth-order valence-corrected chi connectivity index (χ4v) is 4.51. The van der Waals surface area contributed by atoms with Crippen LogP contribution in [-0.4, -0.2) is 13.5 Å². The van der Waals surface area contributed by atoms with Gasteiger partial charge in [0, 0.05) is 63.5 Å². The van der Waals surface area contributed by atoms with Gasteiger partial charge in [0.1, 0.15) is 5.52 Å². The third kappa shape index (κ3) is 2.76. The molecule has 4 aromatic rings. The van der Waals surface area contributed by atoms with Crippen molar-refractivity contribution in [2.75, 3.05) is 0 Å². The van der Waals surface area contributed by atoms with Gasteiger partial charge in [0.15, 0.2) is 6.19 Å². The van der Waals surface area contributed by atoms with E-state index in [0.29, 0.717) is 5.52 Å². The van der Waals surface area contributed by atoms with Crippen LogP contribution < -0.4 is 5.56 Å². The monoisotopic (exact) mass is 522 g/mol. The molecular formula is C17H8BrIN4OS. The van der Waals surface area contributed by atoms with E-state index in [-0.39, 0.29) is 5.56 Å². The highest BCUT2D eigenvalue weighted by Gasteiger charge is 2.15. The highest BCUT2D eigenvalue weighted by Crippen LogP contribution is 2.31. The molecule has 25 heavy (non-hydrogen) atoms. The fraction of sp³-hybridized carbons (Fsp3) is 0. The first-order valence-corrected chi connectivity index (χ1v) is 11.3. The molecule has 0 radical (unpaired) electrons. The summed E-state index contributed by atoms with van der Waals surface area (Å²) in [5.41, 5.74) is 2.48. The molecule has 0 spiro atoms. The Kier molecular flexibility index (Phi) is 4.31. The number of fused-ring (bicyclic) bond motifs is 2. The Bertz CT molecular complexity index is 1240. The van der Waals surface area contributed by atoms with Gasteiger partial charge in [-0.05, 0) is 30.3 Å². The van der Waals surface area contributed by atoms with Crippen LogP contribution in [-0.2, 0) is 0 Å². The zero-order valence-corrected chi connectivity index (χ0v) is 17.0. The lowest BCUT2D eigenvalue weighted by Gasteiger charge is -2.07. The summed E-state index contributed by atoms with van der Waals surface area (Å²) in [6, 6.07) is 11.7. The summed E-state index contributed by atoms with van der Waals surface area (Å²) in [6.45, 7) is 0. The van der Waals surface area contributed by atoms with Gasteiger partial charge in [-0.2, -0.15) is 5.26 Å². The number of pyridine rings is 2. The minimum atomic E-state index is -0.333. The van der Waals surface area contributed by atoms with Gasteiger partial charge in [-0.3, -0.25) is 8.77 Å². The second-order valence-corrected chi connectivity index (χ2v) is 7.95. The van der Waals surface area contributed by atoms with Gasteiger partial charge in [0.25, 0.3) is 5.56 Å². The van der Waals surface area contributed by atoms with Crippen LogP contribution in [0.3, 0.4) is 0 Å². The smallest absolute Gasteiger partial charge is 0.277 e. The van der Waals surface area contributed by atoms with E-state index >= 15 is 0 Å². The zero-order chi connectivity index (χ0) is 17.6. The molecule has 4 rings (SSSR count). The van der Waals surface area contributed by atoms with Crippen molar-refractivity contribution in [3.8, 4) is 17.5 Å². The molecule has 0 saturated carbocycles. The fourth-order valence-electron chi connectivity index (χ4n) is 2.79. The second-order valence-electron chi connectivity index (χ2n) is 5.32. The molecule has 0 aliphatic rings. The molecule has 3 aromatic heterocycles. The molecule has 0 fully saturated rings. The van der Waals surface area contributed by atoms with Gasteiger partial charge in [0.05, 0.1) is 11.2 Å². The van der Waals surface area contributed by atoms with Crippen LogP contribution in [0.15, 0.2) is 58.1 Å². The molecule has 3 heterocycles. The van der Waals surface area contributed by atoms with Crippen LogP contribution in [0.4, 0.5) is 0 Å². The molecule has 0 atom stereocenters. The van der Waals surface area contributed by atoms with Crippen molar-refractivity contribution >= 4 is 68.1 Å². The minimum Gasteiger partial charge on any atom is -0.277 e. The van der Waals surface area contributed by atoms with E-state index in [1.165, 1.54) is 9.12 Å². The number of nitriles is 1. The molecule has 0 saturated heterocycles. The van der Waals surface area contributed by atoms with Crippen LogP contribution in [0.5, 0.6) is 0 Å². The van der Waals surface area contributed by atoms with Crippen LogP contribution in [0.1, 0.15) is 0 Å². The van der Waals surface area contributed by atoms with Crippen molar-refractivity contribution in [3.05, 3.63) is 63.6 Å². The number of aromatic nitrogens is 3. The largest absolute Gasteiger partial charge is 0.289 e. The Labute approximate surface area is 167 Å². The van der Waals surface area contributed by atoms with E-state index in [2.05, 4.69) is 37.1 Å². The average Bonchev–Trinajstić information content (AvgIpc) is 3.06. The van der Waals surface area contributed by atoms with Crippen LogP contribution in [0.25, 0.3) is 33.1 Å². The third-order valence-electron chi connectivity index (χ3n) is 3.93. The number of hydrogen-bond donors (Lipinski definition) is 0. The number of halogens is 2. The minimum absolute atomic E-state index is 0.333. The summed E-state index contributed by atoms with van der Waals surface area (Å²) in [7, 11) is 1.38. The van der Waals surface area contributed by atoms with Crippen molar-refractivity contribution in [2.45, 2.75) is 0 Å². The van der Waals surface area contributed by atoms with Gasteiger partial charge >= 0.3 is 0 Å². The Hall–Kier alpha value is -1.83. The molecule has 0 bridgehead atoms. The van der Waals surface area contributed by atoms with Crippen molar-refractivity contribution in [3.63, 3.8) is 0 Å². The maximum Gasteiger partial charge on any atom is 0.289 e. The van der Waals surface area contributed by atoms with Gasteiger partial charge in [-0.15, -0.1) is 0 Å². The second kappa shape index (κ2) is 6.48. The Morgan fingerprint density at radius 2 is 2.08 bits per heavy atom. The molecule has 1 aromatic carbocycles. The SMILES string of the molecule is N#Cn1cc(-c2ccc3cc(Br)ccc3n2)c2ccn(SI)c2c1=O. The first kappa shape index (κ1) is 16.6. The quantitative estimate of drug-likeness (QED) is 0.349. The summed E-state index contributed by atoms with van der Waals surface area (Å²) in [4.78, 5) is 17.2. The maximum absolute atomic E-state index is 12.5. The summed E-state index contributed by atoms with van der Waals surface area (Å²) in [6.07, 6.45) is 5.31. The lowest BCUT2D eigenvalue weighted by atomic mass is 10.1. The highest BCUT2D eigenvalue weighted by molar-refractivity contribution is 14.2. The van der Waals surface area contributed by atoms with E-state index in [4.69, 9.17) is 4.98 Å². The van der Waals surface area contributed by atoms with Gasteiger partial charge in [0.2, 0.25) is 0 Å². The molecule has 0 aliphatic heterocycles. The molecule has 5 nitrogen and oxygen atoms in total. The molecule has 0 unspecified atom stereocenters. The first-order chi connectivity index (χ1) is 12.1. The van der Waals surface area contributed by atoms with E-state index < -0.39 is 0 Å². The summed E-state index contributed by atoms with van der Waals surface area (Å²) in [5, 5.41) is 11.1. The van der Waals surface area contributed by atoms with Crippen LogP contribution in [0, 0.1) is 11.5 Å². The molecular weight excluding hydrogens is 515 g/mol. The Balaban J connectivity index is 2.05. The molecule has 0 amide bonds. The number of nitrogens with zero attached hydrogens (tertiary/aromatic N) is 4. The Morgan fingerprint density at radius 1 is 1.24 bits per heavy atom. The van der Waals surface area contributed by atoms with E-state index in [9.17, 15) is 10.1 Å². The summed E-state index contributed by atoms with van der Waals surface area (Å²) >= 11 is 5.57. The third-order valence-corrected chi connectivity index (χ3v) is 6.15. The van der Waals surface area contributed by atoms with Gasteiger partial charge in [-0.1, -0.05) is 22.0 Å². The topological polar surface area (TPSA) is 63.6 Å². The van der Waals surface area contributed by atoms with E-state index in [1.807, 2.05) is 48.8 Å². The summed E-state index contributed by atoms with van der Waals surface area (Å²) in [5.74, 6) is 0. The number of hydrogen-bond acceptors (Lipinski definition) is 4. The maximum atomic E-state index is 12.5. The van der Waals surface area contributed by atoms with Gasteiger partial charge < -0.3 is 0 Å². The van der Waals surface area contributed by atoms with Crippen molar-refractivity contribution in [1.82, 2.24) is 13.5 Å². The predicted molar refractivity (Wildman–Crippen MR) is 113 cm³/mol. The molecule has 0 aliphatic carbocycles.